The van der Waals surface area contributed by atoms with Gasteiger partial charge in [-0.1, -0.05) is 12.6 Å². The number of aromatic amines is 1. The Morgan fingerprint density at radius 2 is 1.97 bits per heavy atom. The molecule has 0 saturated carbocycles. The molecule has 8 heteroatoms. The van der Waals surface area contributed by atoms with E-state index in [1.54, 1.807) is 30.3 Å². The van der Waals surface area contributed by atoms with Crippen LogP contribution < -0.4 is 20.3 Å². The number of aryl methyl sites for hydroxylation is 1. The maximum absolute atomic E-state index is 11.5. The van der Waals surface area contributed by atoms with Gasteiger partial charge < -0.3 is 25.2 Å². The SMILES string of the molecule is C=CC(=O)Nc1cccc(Oc2cc(Nc3ccc(N4CCN(C)CC4)cc3C)[nH]n2)c1. The molecule has 8 nitrogen and oxygen atoms in total. The van der Waals surface area contributed by atoms with Gasteiger partial charge in [-0.3, -0.25) is 9.89 Å². The molecule has 0 spiro atoms. The lowest BCUT2D eigenvalue weighted by atomic mass is 10.1. The molecule has 0 atom stereocenters. The van der Waals surface area contributed by atoms with E-state index in [4.69, 9.17) is 4.74 Å². The van der Waals surface area contributed by atoms with E-state index < -0.39 is 0 Å². The summed E-state index contributed by atoms with van der Waals surface area (Å²) in [6.07, 6.45) is 1.22. The zero-order chi connectivity index (χ0) is 22.5. The van der Waals surface area contributed by atoms with E-state index in [-0.39, 0.29) is 5.91 Å². The molecule has 0 radical (unpaired) electrons. The molecule has 0 aliphatic carbocycles. The van der Waals surface area contributed by atoms with Crippen molar-refractivity contribution in [1.82, 2.24) is 15.1 Å². The van der Waals surface area contributed by atoms with E-state index in [1.165, 1.54) is 11.8 Å². The molecule has 4 rings (SSSR count). The molecule has 2 aromatic carbocycles. The fourth-order valence-corrected chi connectivity index (χ4v) is 3.57. The van der Waals surface area contributed by atoms with Crippen molar-refractivity contribution in [2.24, 2.45) is 0 Å². The molecule has 1 saturated heterocycles. The highest BCUT2D eigenvalue weighted by Crippen LogP contribution is 2.28. The summed E-state index contributed by atoms with van der Waals surface area (Å²) in [4.78, 5) is 16.3. The fraction of sp³-hybridized carbons (Fsp3) is 0.250. The first-order valence-electron chi connectivity index (χ1n) is 10.6. The Balaban J connectivity index is 1.39. The Morgan fingerprint density at radius 1 is 1.16 bits per heavy atom. The number of likely N-dealkylation sites (N-methyl/N-ethyl adjacent to an activating group) is 1. The van der Waals surface area contributed by atoms with Gasteiger partial charge in [0.1, 0.15) is 11.6 Å². The number of amides is 1. The van der Waals surface area contributed by atoms with Gasteiger partial charge in [0.2, 0.25) is 11.8 Å². The van der Waals surface area contributed by atoms with Crippen LogP contribution in [0.4, 0.5) is 22.9 Å². The minimum absolute atomic E-state index is 0.276. The van der Waals surface area contributed by atoms with Gasteiger partial charge in [-0.05, 0) is 55.9 Å². The lowest BCUT2D eigenvalue weighted by Crippen LogP contribution is -2.44. The van der Waals surface area contributed by atoms with Crippen LogP contribution in [0.15, 0.2) is 61.2 Å². The number of rotatable bonds is 7. The van der Waals surface area contributed by atoms with Crippen LogP contribution in [0.5, 0.6) is 11.6 Å². The van der Waals surface area contributed by atoms with Gasteiger partial charge in [-0.15, -0.1) is 5.10 Å². The molecular weight excluding hydrogens is 404 g/mol. The Hall–Kier alpha value is -3.78. The van der Waals surface area contributed by atoms with Crippen LogP contribution in [0.25, 0.3) is 0 Å². The van der Waals surface area contributed by atoms with E-state index in [0.717, 1.165) is 43.2 Å². The predicted octanol–water partition coefficient (Wildman–Crippen LogP) is 4.13. The highest BCUT2D eigenvalue weighted by atomic mass is 16.5. The van der Waals surface area contributed by atoms with Crippen molar-refractivity contribution in [3.63, 3.8) is 0 Å². The van der Waals surface area contributed by atoms with Crippen LogP contribution in [0.1, 0.15) is 5.56 Å². The molecule has 1 aliphatic heterocycles. The smallest absolute Gasteiger partial charge is 0.247 e. The summed E-state index contributed by atoms with van der Waals surface area (Å²) in [6, 6.07) is 15.4. The van der Waals surface area contributed by atoms with E-state index in [1.807, 2.05) is 0 Å². The molecule has 2 heterocycles. The fourth-order valence-electron chi connectivity index (χ4n) is 3.57. The maximum atomic E-state index is 11.5. The van der Waals surface area contributed by atoms with E-state index in [9.17, 15) is 4.79 Å². The van der Waals surface area contributed by atoms with Gasteiger partial charge in [-0.25, -0.2) is 0 Å². The number of ether oxygens (including phenoxy) is 1. The average Bonchev–Trinajstić information content (AvgIpc) is 3.22. The molecule has 0 bridgehead atoms. The second-order valence-electron chi connectivity index (χ2n) is 7.86. The number of nitrogens with one attached hydrogen (secondary N) is 3. The molecule has 166 valence electrons. The second-order valence-corrected chi connectivity index (χ2v) is 7.86. The Labute approximate surface area is 187 Å². The highest BCUT2D eigenvalue weighted by molar-refractivity contribution is 5.98. The molecule has 3 aromatic rings. The largest absolute Gasteiger partial charge is 0.437 e. The minimum Gasteiger partial charge on any atom is -0.437 e. The average molecular weight is 433 g/mol. The normalized spacial score (nSPS) is 14.1. The van der Waals surface area contributed by atoms with Gasteiger partial charge in [0, 0.05) is 55.4 Å². The Kier molecular flexibility index (Phi) is 6.42. The standard InChI is InChI=1S/C24H28N6O2/c1-4-23(31)25-18-6-5-7-20(15-18)32-24-16-22(27-28-24)26-21-9-8-19(14-17(21)2)30-12-10-29(3)11-13-30/h4-9,14-16H,1,10-13H2,2-3H3,(H,25,31)(H2,26,27,28). The van der Waals surface area contributed by atoms with Crippen molar-refractivity contribution in [3.05, 3.63) is 66.7 Å². The Bertz CT molecular complexity index is 1100. The van der Waals surface area contributed by atoms with Gasteiger partial charge in [0.05, 0.1) is 0 Å². The summed E-state index contributed by atoms with van der Waals surface area (Å²) in [5.41, 5.74) is 4.03. The molecule has 1 fully saturated rings. The molecule has 1 aromatic heterocycles. The number of hydrogen-bond donors (Lipinski definition) is 3. The van der Waals surface area contributed by atoms with E-state index in [2.05, 4.69) is 69.4 Å². The number of H-pyrrole nitrogens is 1. The Morgan fingerprint density at radius 3 is 2.72 bits per heavy atom. The van der Waals surface area contributed by atoms with Gasteiger partial charge >= 0.3 is 0 Å². The first-order chi connectivity index (χ1) is 15.5. The third-order valence-electron chi connectivity index (χ3n) is 5.41. The second kappa shape index (κ2) is 9.57. The quantitative estimate of drug-likeness (QED) is 0.487. The monoisotopic (exact) mass is 432 g/mol. The van der Waals surface area contributed by atoms with Gasteiger partial charge in [-0.2, -0.15) is 0 Å². The van der Waals surface area contributed by atoms with Crippen LogP contribution in [-0.4, -0.2) is 54.2 Å². The number of carbonyl (C=O) groups is 1. The summed E-state index contributed by atoms with van der Waals surface area (Å²) in [6.45, 7) is 9.80. The maximum Gasteiger partial charge on any atom is 0.247 e. The van der Waals surface area contributed by atoms with Crippen LogP contribution in [-0.2, 0) is 4.79 Å². The number of nitrogens with zero attached hydrogens (tertiary/aromatic N) is 3. The number of anilines is 4. The molecule has 32 heavy (non-hydrogen) atoms. The van der Waals surface area contributed by atoms with E-state index >= 15 is 0 Å². The van der Waals surface area contributed by atoms with Crippen LogP contribution in [0, 0.1) is 6.92 Å². The molecule has 0 unspecified atom stereocenters. The van der Waals surface area contributed by atoms with Crippen molar-refractivity contribution in [1.29, 1.82) is 0 Å². The van der Waals surface area contributed by atoms with Gasteiger partial charge in [0.25, 0.3) is 0 Å². The lowest BCUT2D eigenvalue weighted by Gasteiger charge is -2.34. The zero-order valence-corrected chi connectivity index (χ0v) is 18.4. The number of aromatic nitrogens is 2. The topological polar surface area (TPSA) is 85.5 Å². The lowest BCUT2D eigenvalue weighted by molar-refractivity contribution is -0.111. The summed E-state index contributed by atoms with van der Waals surface area (Å²) in [5.74, 6) is 1.44. The van der Waals surface area contributed by atoms with Crippen molar-refractivity contribution in [2.75, 3.05) is 48.8 Å². The molecule has 1 amide bonds. The summed E-state index contributed by atoms with van der Waals surface area (Å²) < 4.78 is 5.82. The summed E-state index contributed by atoms with van der Waals surface area (Å²) in [5, 5.41) is 13.2. The number of carbonyl (C=O) groups excluding carboxylic acids is 1. The van der Waals surface area contributed by atoms with Crippen LogP contribution >= 0.6 is 0 Å². The minimum atomic E-state index is -0.276. The van der Waals surface area contributed by atoms with E-state index in [0.29, 0.717) is 17.3 Å². The predicted molar refractivity (Wildman–Crippen MR) is 128 cm³/mol. The zero-order valence-electron chi connectivity index (χ0n) is 18.4. The highest BCUT2D eigenvalue weighted by Gasteiger charge is 2.15. The first kappa shape index (κ1) is 21.5. The first-order valence-corrected chi connectivity index (χ1v) is 10.6. The number of piperazine rings is 1. The third kappa shape index (κ3) is 5.28. The summed E-state index contributed by atoms with van der Waals surface area (Å²) in [7, 11) is 2.16. The molecule has 3 N–H and O–H groups in total. The third-order valence-corrected chi connectivity index (χ3v) is 5.41. The van der Waals surface area contributed by atoms with Crippen LogP contribution in [0.3, 0.4) is 0 Å². The van der Waals surface area contributed by atoms with Crippen molar-refractivity contribution in [2.45, 2.75) is 6.92 Å². The van der Waals surface area contributed by atoms with Crippen molar-refractivity contribution >= 4 is 28.8 Å². The number of benzene rings is 2. The summed E-state index contributed by atoms with van der Waals surface area (Å²) >= 11 is 0. The molecule has 1 aliphatic rings. The molecular formula is C24H28N6O2. The van der Waals surface area contributed by atoms with Crippen molar-refractivity contribution in [3.8, 4) is 11.6 Å². The van der Waals surface area contributed by atoms with Crippen LogP contribution in [0.2, 0.25) is 0 Å². The number of hydrogen-bond acceptors (Lipinski definition) is 6. The van der Waals surface area contributed by atoms with Crippen molar-refractivity contribution < 1.29 is 9.53 Å². The van der Waals surface area contributed by atoms with Gasteiger partial charge in [0.15, 0.2) is 0 Å².